The SMILES string of the molecule is C[C@H]1CCCN(C(=O)c2ccco2)[C@H]1CN. The molecule has 1 amide bonds. The molecule has 0 bridgehead atoms. The fraction of sp³-hybridized carbons (Fsp3) is 0.583. The summed E-state index contributed by atoms with van der Waals surface area (Å²) in [5, 5.41) is 0. The summed E-state index contributed by atoms with van der Waals surface area (Å²) in [7, 11) is 0. The molecule has 1 aliphatic heterocycles. The van der Waals surface area contributed by atoms with Crippen molar-refractivity contribution in [1.82, 2.24) is 4.90 Å². The van der Waals surface area contributed by atoms with E-state index >= 15 is 0 Å². The van der Waals surface area contributed by atoms with Crippen LogP contribution < -0.4 is 5.73 Å². The van der Waals surface area contributed by atoms with Gasteiger partial charge in [-0.25, -0.2) is 0 Å². The van der Waals surface area contributed by atoms with Gasteiger partial charge in [-0.2, -0.15) is 0 Å². The number of nitrogens with zero attached hydrogens (tertiary/aromatic N) is 1. The lowest BCUT2D eigenvalue weighted by Crippen LogP contribution is -2.51. The van der Waals surface area contributed by atoms with Crippen molar-refractivity contribution in [3.8, 4) is 0 Å². The van der Waals surface area contributed by atoms with E-state index in [-0.39, 0.29) is 11.9 Å². The Morgan fingerprint density at radius 3 is 3.12 bits per heavy atom. The van der Waals surface area contributed by atoms with E-state index in [4.69, 9.17) is 10.2 Å². The maximum atomic E-state index is 12.2. The predicted octanol–water partition coefficient (Wildman–Crippen LogP) is 1.48. The standard InChI is InChI=1S/C12H18N2O2/c1-9-4-2-6-14(10(9)8-13)12(15)11-5-3-7-16-11/h3,5,7,9-10H,2,4,6,8,13H2,1H3/t9-,10-/m0/s1. The molecule has 1 aromatic rings. The van der Waals surface area contributed by atoms with Gasteiger partial charge in [-0.15, -0.1) is 0 Å². The number of carbonyl (C=O) groups is 1. The molecular weight excluding hydrogens is 204 g/mol. The molecule has 2 heterocycles. The van der Waals surface area contributed by atoms with Crippen LogP contribution in [0.15, 0.2) is 22.8 Å². The zero-order chi connectivity index (χ0) is 11.5. The van der Waals surface area contributed by atoms with Crippen LogP contribution in [0, 0.1) is 5.92 Å². The molecule has 0 aromatic carbocycles. The van der Waals surface area contributed by atoms with Gasteiger partial charge < -0.3 is 15.1 Å². The van der Waals surface area contributed by atoms with E-state index in [2.05, 4.69) is 6.92 Å². The molecule has 88 valence electrons. The van der Waals surface area contributed by atoms with Crippen LogP contribution in [-0.2, 0) is 0 Å². The lowest BCUT2D eigenvalue weighted by Gasteiger charge is -2.38. The second-order valence-corrected chi connectivity index (χ2v) is 4.40. The average Bonchev–Trinajstić information content (AvgIpc) is 2.81. The summed E-state index contributed by atoms with van der Waals surface area (Å²) in [6.07, 6.45) is 3.71. The Labute approximate surface area is 95.4 Å². The zero-order valence-electron chi connectivity index (χ0n) is 9.56. The number of hydrogen-bond acceptors (Lipinski definition) is 3. The van der Waals surface area contributed by atoms with E-state index in [1.807, 2.05) is 4.90 Å². The molecule has 1 aromatic heterocycles. The normalized spacial score (nSPS) is 25.8. The van der Waals surface area contributed by atoms with Crippen LogP contribution in [0.4, 0.5) is 0 Å². The number of likely N-dealkylation sites (tertiary alicyclic amines) is 1. The molecule has 1 fully saturated rings. The van der Waals surface area contributed by atoms with E-state index in [1.54, 1.807) is 12.1 Å². The van der Waals surface area contributed by atoms with Crippen LogP contribution in [0.5, 0.6) is 0 Å². The fourth-order valence-electron chi connectivity index (χ4n) is 2.40. The zero-order valence-corrected chi connectivity index (χ0v) is 9.56. The van der Waals surface area contributed by atoms with E-state index in [0.29, 0.717) is 18.2 Å². The largest absolute Gasteiger partial charge is 0.459 e. The molecule has 4 nitrogen and oxygen atoms in total. The molecule has 0 saturated carbocycles. The number of carbonyl (C=O) groups excluding carboxylic acids is 1. The van der Waals surface area contributed by atoms with Gasteiger partial charge in [0.1, 0.15) is 0 Å². The maximum Gasteiger partial charge on any atom is 0.289 e. The van der Waals surface area contributed by atoms with Crippen molar-refractivity contribution < 1.29 is 9.21 Å². The van der Waals surface area contributed by atoms with Crippen molar-refractivity contribution in [3.63, 3.8) is 0 Å². The van der Waals surface area contributed by atoms with Crippen molar-refractivity contribution >= 4 is 5.91 Å². The molecule has 2 atom stereocenters. The number of nitrogens with two attached hydrogens (primary N) is 1. The third-order valence-electron chi connectivity index (χ3n) is 3.35. The van der Waals surface area contributed by atoms with Gasteiger partial charge in [0.05, 0.1) is 6.26 Å². The minimum atomic E-state index is -0.0352. The number of furan rings is 1. The Morgan fingerprint density at radius 1 is 1.69 bits per heavy atom. The lowest BCUT2D eigenvalue weighted by atomic mass is 9.90. The molecule has 4 heteroatoms. The molecule has 16 heavy (non-hydrogen) atoms. The quantitative estimate of drug-likeness (QED) is 0.824. The second kappa shape index (κ2) is 4.70. The smallest absolute Gasteiger partial charge is 0.289 e. The number of hydrogen-bond donors (Lipinski definition) is 1. The van der Waals surface area contributed by atoms with Crippen molar-refractivity contribution in [3.05, 3.63) is 24.2 Å². The van der Waals surface area contributed by atoms with Crippen molar-refractivity contribution in [2.24, 2.45) is 11.7 Å². The Bertz CT molecular complexity index is 348. The Morgan fingerprint density at radius 2 is 2.50 bits per heavy atom. The van der Waals surface area contributed by atoms with Gasteiger partial charge in [-0.1, -0.05) is 6.92 Å². The third kappa shape index (κ3) is 1.97. The van der Waals surface area contributed by atoms with Crippen LogP contribution in [0.1, 0.15) is 30.3 Å². The summed E-state index contributed by atoms with van der Waals surface area (Å²) in [5.74, 6) is 0.845. The Hall–Kier alpha value is -1.29. The van der Waals surface area contributed by atoms with Crippen molar-refractivity contribution in [1.29, 1.82) is 0 Å². The molecule has 0 unspecified atom stereocenters. The van der Waals surface area contributed by atoms with Crippen LogP contribution in [0.25, 0.3) is 0 Å². The van der Waals surface area contributed by atoms with Gasteiger partial charge >= 0.3 is 0 Å². The summed E-state index contributed by atoms with van der Waals surface area (Å²) >= 11 is 0. The monoisotopic (exact) mass is 222 g/mol. The maximum absolute atomic E-state index is 12.2. The second-order valence-electron chi connectivity index (χ2n) is 4.40. The first kappa shape index (κ1) is 11.2. The van der Waals surface area contributed by atoms with Gasteiger partial charge in [0, 0.05) is 19.1 Å². The van der Waals surface area contributed by atoms with Crippen molar-refractivity contribution in [2.45, 2.75) is 25.8 Å². The predicted molar refractivity (Wildman–Crippen MR) is 61.0 cm³/mol. The Balaban J connectivity index is 2.15. The van der Waals surface area contributed by atoms with Gasteiger partial charge in [0.25, 0.3) is 5.91 Å². The van der Waals surface area contributed by atoms with Gasteiger partial charge in [-0.05, 0) is 30.9 Å². The van der Waals surface area contributed by atoms with E-state index < -0.39 is 0 Å². The summed E-state index contributed by atoms with van der Waals surface area (Å²) in [6, 6.07) is 3.58. The topological polar surface area (TPSA) is 59.5 Å². The summed E-state index contributed by atoms with van der Waals surface area (Å²) in [5.41, 5.74) is 5.75. The molecule has 1 aliphatic rings. The highest BCUT2D eigenvalue weighted by atomic mass is 16.3. The van der Waals surface area contributed by atoms with Crippen LogP contribution in [0.2, 0.25) is 0 Å². The lowest BCUT2D eigenvalue weighted by molar-refractivity contribution is 0.0501. The summed E-state index contributed by atoms with van der Waals surface area (Å²) in [6.45, 7) is 3.46. The Kier molecular flexibility index (Phi) is 3.29. The molecule has 0 spiro atoms. The van der Waals surface area contributed by atoms with Gasteiger partial charge in [-0.3, -0.25) is 4.79 Å². The first-order chi connectivity index (χ1) is 7.74. The van der Waals surface area contributed by atoms with E-state index in [9.17, 15) is 4.79 Å². The molecule has 1 saturated heterocycles. The first-order valence-corrected chi connectivity index (χ1v) is 5.78. The third-order valence-corrected chi connectivity index (χ3v) is 3.35. The number of amides is 1. The van der Waals surface area contributed by atoms with Gasteiger partial charge in [0.15, 0.2) is 5.76 Å². The van der Waals surface area contributed by atoms with Crippen LogP contribution >= 0.6 is 0 Å². The van der Waals surface area contributed by atoms with Crippen LogP contribution in [0.3, 0.4) is 0 Å². The molecule has 2 rings (SSSR count). The fourth-order valence-corrected chi connectivity index (χ4v) is 2.40. The van der Waals surface area contributed by atoms with E-state index in [1.165, 1.54) is 6.26 Å². The molecule has 0 radical (unpaired) electrons. The highest BCUT2D eigenvalue weighted by Gasteiger charge is 2.32. The minimum Gasteiger partial charge on any atom is -0.459 e. The summed E-state index contributed by atoms with van der Waals surface area (Å²) in [4.78, 5) is 14.0. The molecular formula is C12H18N2O2. The van der Waals surface area contributed by atoms with E-state index in [0.717, 1.165) is 19.4 Å². The van der Waals surface area contributed by atoms with Crippen molar-refractivity contribution in [2.75, 3.05) is 13.1 Å². The average molecular weight is 222 g/mol. The number of piperidine rings is 1. The highest BCUT2D eigenvalue weighted by Crippen LogP contribution is 2.24. The highest BCUT2D eigenvalue weighted by molar-refractivity contribution is 5.91. The summed E-state index contributed by atoms with van der Waals surface area (Å²) < 4.78 is 5.14. The molecule has 0 aliphatic carbocycles. The minimum absolute atomic E-state index is 0.0352. The number of rotatable bonds is 2. The molecule has 2 N–H and O–H groups in total. The van der Waals surface area contributed by atoms with Crippen LogP contribution in [-0.4, -0.2) is 29.9 Å². The van der Waals surface area contributed by atoms with Gasteiger partial charge in [0.2, 0.25) is 0 Å². The first-order valence-electron chi connectivity index (χ1n) is 5.78.